The molecule has 4 nitrogen and oxygen atoms in total. The van der Waals surface area contributed by atoms with Crippen LogP contribution in [0.4, 0.5) is 34.1 Å². The van der Waals surface area contributed by atoms with Gasteiger partial charge in [-0.2, -0.15) is 0 Å². The molecule has 4 aliphatic rings. The smallest absolute Gasteiger partial charge is 0.333 e. The van der Waals surface area contributed by atoms with Gasteiger partial charge < -0.3 is 18.7 Å². The third kappa shape index (κ3) is 6.30. The molecule has 362 valence electrons. The lowest BCUT2D eigenvalue weighted by molar-refractivity contribution is 0.666. The van der Waals surface area contributed by atoms with Gasteiger partial charge in [0.05, 0.1) is 5.69 Å². The minimum Gasteiger partial charge on any atom is -0.455 e. The van der Waals surface area contributed by atoms with Crippen LogP contribution in [0.1, 0.15) is 50.3 Å². The Balaban J connectivity index is 1.09. The number of hydrogen-bond acceptors (Lipinski definition) is 5. The maximum Gasteiger partial charge on any atom is 0.333 e. The van der Waals surface area contributed by atoms with Crippen molar-refractivity contribution in [2.24, 2.45) is 0 Å². The highest BCUT2D eigenvalue weighted by atomic mass is 32.2. The van der Waals surface area contributed by atoms with Crippen molar-refractivity contribution in [3.05, 3.63) is 229 Å². The fourth-order valence-electron chi connectivity index (χ4n) is 13.4. The lowest BCUT2D eigenvalue weighted by Gasteiger charge is -2.42. The molecule has 3 aliphatic heterocycles. The van der Waals surface area contributed by atoms with Crippen LogP contribution in [0.2, 0.25) is 0 Å². The van der Waals surface area contributed by atoms with Gasteiger partial charge in [0.1, 0.15) is 11.2 Å². The summed E-state index contributed by atoms with van der Waals surface area (Å²) >= 11 is 3.81. The molecule has 0 amide bonds. The molecule has 2 aromatic heterocycles. The van der Waals surface area contributed by atoms with Crippen molar-refractivity contribution < 1.29 is 4.42 Å². The van der Waals surface area contributed by atoms with Gasteiger partial charge in [-0.05, 0) is 131 Å². The summed E-state index contributed by atoms with van der Waals surface area (Å²) in [5, 5.41) is 3.51. The number of unbranched alkanes of at least 4 members (excludes halogenated alkanes) is 1. The van der Waals surface area contributed by atoms with E-state index in [0.717, 1.165) is 63.8 Å². The van der Waals surface area contributed by atoms with E-state index in [-0.39, 0.29) is 12.3 Å². The van der Waals surface area contributed by atoms with Gasteiger partial charge in [-0.15, -0.1) is 0 Å². The molecule has 1 aliphatic carbocycles. The number of rotatable bonds is 8. The van der Waals surface area contributed by atoms with Gasteiger partial charge in [0.2, 0.25) is 0 Å². The molecule has 0 bridgehead atoms. The first-order valence-corrected chi connectivity index (χ1v) is 28.4. The molecule has 10 aromatic carbocycles. The number of furan rings is 1. The van der Waals surface area contributed by atoms with E-state index in [9.17, 15) is 0 Å². The number of anilines is 6. The molecule has 0 spiro atoms. The number of hydrogen-bond donors (Lipinski definition) is 0. The summed E-state index contributed by atoms with van der Waals surface area (Å²) in [4.78, 5) is 10.3. The van der Waals surface area contributed by atoms with E-state index in [1.807, 2.05) is 23.5 Å². The van der Waals surface area contributed by atoms with Gasteiger partial charge in [-0.25, -0.2) is 0 Å². The second-order valence-electron chi connectivity index (χ2n) is 21.4. The predicted molar refractivity (Wildman–Crippen MR) is 321 cm³/mol. The van der Waals surface area contributed by atoms with E-state index in [0.29, 0.717) is 0 Å². The van der Waals surface area contributed by atoms with Gasteiger partial charge >= 0.3 is 6.85 Å². The maximum absolute atomic E-state index is 7.37. The predicted octanol–water partition coefficient (Wildman–Crippen LogP) is 18.4. The number of para-hydroxylation sites is 3. The van der Waals surface area contributed by atoms with E-state index in [4.69, 9.17) is 4.42 Å². The molecule has 5 heterocycles. The van der Waals surface area contributed by atoms with Crippen molar-refractivity contribution >= 4 is 108 Å². The fourth-order valence-corrected chi connectivity index (χ4v) is 15.7. The summed E-state index contributed by atoms with van der Waals surface area (Å²) in [6.07, 6.45) is 3.33. The molecule has 7 heteroatoms. The molecule has 12 aromatic rings. The van der Waals surface area contributed by atoms with Crippen LogP contribution in [-0.2, 0) is 11.8 Å². The molecule has 76 heavy (non-hydrogen) atoms. The summed E-state index contributed by atoms with van der Waals surface area (Å²) in [6, 6.07) is 79.5. The van der Waals surface area contributed by atoms with E-state index < -0.39 is 0 Å². The number of aryl methyl sites for hydroxylation is 1. The molecule has 0 radical (unpaired) electrons. The highest BCUT2D eigenvalue weighted by molar-refractivity contribution is 8.05. The summed E-state index contributed by atoms with van der Waals surface area (Å²) in [5.41, 5.74) is 23.7. The van der Waals surface area contributed by atoms with E-state index in [1.165, 1.54) is 103 Å². The van der Waals surface area contributed by atoms with Crippen molar-refractivity contribution in [3.63, 3.8) is 0 Å². The highest BCUT2D eigenvalue weighted by Crippen LogP contribution is 2.59. The van der Waals surface area contributed by atoms with Gasteiger partial charge in [0.25, 0.3) is 0 Å². The van der Waals surface area contributed by atoms with Crippen LogP contribution >= 0.6 is 23.5 Å². The van der Waals surface area contributed by atoms with Crippen molar-refractivity contribution in [2.45, 2.75) is 65.0 Å². The molecule has 0 unspecified atom stereocenters. The molecular weight excluding hydrogens is 962 g/mol. The number of benzene rings is 10. The number of fused-ring (bicyclic) bond motifs is 15. The van der Waals surface area contributed by atoms with E-state index >= 15 is 0 Å². The average Bonchev–Trinajstić information content (AvgIpc) is 4.18. The number of nitrogens with zero attached hydrogens (tertiary/aromatic N) is 3. The van der Waals surface area contributed by atoms with Crippen LogP contribution in [0.5, 0.6) is 0 Å². The van der Waals surface area contributed by atoms with Crippen LogP contribution in [0.25, 0.3) is 66.4 Å². The maximum atomic E-state index is 7.37. The van der Waals surface area contributed by atoms with Crippen LogP contribution in [0.15, 0.2) is 236 Å². The summed E-state index contributed by atoms with van der Waals surface area (Å²) in [7, 11) is 0. The average molecular weight is 1010 g/mol. The lowest BCUT2D eigenvalue weighted by atomic mass is 9.45. The number of aromatic nitrogens is 1. The van der Waals surface area contributed by atoms with Gasteiger partial charge in [-0.3, -0.25) is 0 Å². The topological polar surface area (TPSA) is 24.6 Å². The lowest BCUT2D eigenvalue weighted by Crippen LogP contribution is -2.57. The first-order valence-electron chi connectivity index (χ1n) is 26.7. The van der Waals surface area contributed by atoms with Crippen molar-refractivity contribution in [2.75, 3.05) is 9.80 Å². The third-order valence-corrected chi connectivity index (χ3v) is 19.2. The Kier molecular flexibility index (Phi) is 9.72. The first kappa shape index (κ1) is 44.2. The monoisotopic (exact) mass is 1010 g/mol. The van der Waals surface area contributed by atoms with E-state index in [1.54, 1.807) is 0 Å². The Hall–Kier alpha value is -8.10. The molecule has 0 fully saturated rings. The van der Waals surface area contributed by atoms with Crippen LogP contribution < -0.4 is 20.7 Å². The second kappa shape index (κ2) is 16.7. The second-order valence-corrected chi connectivity index (χ2v) is 23.6. The van der Waals surface area contributed by atoms with Crippen molar-refractivity contribution in [1.29, 1.82) is 0 Å². The fraction of sp³-hybridized carbons (Fsp3) is 0.101. The molecular formula is C69H50BN3OS2. The highest BCUT2D eigenvalue weighted by Gasteiger charge is 2.50. The first-order chi connectivity index (χ1) is 37.4. The Labute approximate surface area is 451 Å². The largest absolute Gasteiger partial charge is 0.455 e. The van der Waals surface area contributed by atoms with Crippen LogP contribution in [0.3, 0.4) is 0 Å². The third-order valence-electron chi connectivity index (χ3n) is 16.7. The van der Waals surface area contributed by atoms with E-state index in [2.05, 4.69) is 247 Å². The normalized spacial score (nSPS) is 14.1. The van der Waals surface area contributed by atoms with Crippen LogP contribution in [0, 0.1) is 0 Å². The molecule has 0 saturated heterocycles. The standard InChI is InChI=1S/C69H50BN3OS2/c1-4-5-21-42-34-35-55(49(36-42)43-22-9-6-10-23-43)72-56-41-62-61(75-59-32-19-20-33-60(59)76-62)40-54(56)70-65-57(72)39-50-47-28-16-18-31-58(47)74-68(50)63(65)51-37-46(71(44-24-11-7-12-25-44)45-26-13-8-14-27-45)38-52-64-67(73(70)66(51)52)48-29-15-17-30-53(48)69(64,2)3/h6-20,22-41H,4-5,21H2,1-3H3. The zero-order valence-corrected chi connectivity index (χ0v) is 44.1. The molecule has 0 saturated carbocycles. The molecule has 0 atom stereocenters. The molecule has 0 N–H and O–H groups in total. The Bertz CT molecular complexity index is 4350. The van der Waals surface area contributed by atoms with Gasteiger partial charge in [0.15, 0.2) is 0 Å². The Morgan fingerprint density at radius 1 is 0.539 bits per heavy atom. The molecule has 16 rings (SSSR count). The summed E-state index contributed by atoms with van der Waals surface area (Å²) in [5.74, 6) is 0. The summed E-state index contributed by atoms with van der Waals surface area (Å²) in [6.45, 7) is 6.98. The minimum absolute atomic E-state index is 0.197. The zero-order chi connectivity index (χ0) is 50.4. The van der Waals surface area contributed by atoms with Crippen LogP contribution in [-0.4, -0.2) is 11.3 Å². The van der Waals surface area contributed by atoms with Crippen molar-refractivity contribution in [1.82, 2.24) is 4.48 Å². The van der Waals surface area contributed by atoms with Crippen molar-refractivity contribution in [3.8, 4) is 33.5 Å². The van der Waals surface area contributed by atoms with Gasteiger partial charge in [-0.1, -0.05) is 178 Å². The zero-order valence-electron chi connectivity index (χ0n) is 42.5. The summed E-state index contributed by atoms with van der Waals surface area (Å²) < 4.78 is 10.2. The minimum atomic E-state index is -0.302. The quantitative estimate of drug-likeness (QED) is 0.141. The van der Waals surface area contributed by atoms with Gasteiger partial charge in [0, 0.05) is 103 Å². The SMILES string of the molecule is CCCCc1ccc(N2c3cc4c(cc3B3c5c2cc2c(oc6ccccc62)c5-c2cc(N(c5ccccc5)c5ccccc5)cc5c6c(n3c25)-c2ccccc2C6(C)C)Sc2ccccc2S4)c(-c2ccccc2)c1. The Morgan fingerprint density at radius 2 is 1.21 bits per heavy atom. The Morgan fingerprint density at radius 3 is 1.96 bits per heavy atom.